The van der Waals surface area contributed by atoms with Crippen LogP contribution in [0.4, 0.5) is 5.82 Å². The average molecular weight is 186 g/mol. The number of nitrogen functional groups attached to an aromatic ring is 1. The molecular weight excluding hydrogens is 174 g/mol. The number of unbranched alkanes of at least 4 members (excludes halogenated alkanes) is 1. The first-order chi connectivity index (χ1) is 5.74. The largest absolute Gasteiger partial charge is 0.381 e. The van der Waals surface area contributed by atoms with Crippen molar-refractivity contribution < 1.29 is 0 Å². The van der Waals surface area contributed by atoms with Gasteiger partial charge < -0.3 is 5.73 Å². The zero-order chi connectivity index (χ0) is 8.97. The highest BCUT2D eigenvalue weighted by molar-refractivity contribution is 6.31. The van der Waals surface area contributed by atoms with E-state index in [1.54, 1.807) is 6.20 Å². The summed E-state index contributed by atoms with van der Waals surface area (Å²) in [7, 11) is 0. The second-order valence-electron chi connectivity index (χ2n) is 2.64. The highest BCUT2D eigenvalue weighted by Gasteiger charge is 2.00. The second-order valence-corrected chi connectivity index (χ2v) is 3.00. The number of halogens is 1. The standard InChI is InChI=1S/C8H12ClN3/c1-2-3-4-6-5-11-8(10)7(9)12-6/h5H,2-4H2,1H3,(H2,10,11). The van der Waals surface area contributed by atoms with E-state index in [1.165, 1.54) is 0 Å². The van der Waals surface area contributed by atoms with Crippen LogP contribution in [0.25, 0.3) is 0 Å². The molecule has 0 aromatic carbocycles. The SMILES string of the molecule is CCCCc1cnc(N)c(Cl)n1. The Bertz CT molecular complexity index is 262. The lowest BCUT2D eigenvalue weighted by molar-refractivity contribution is 0.773. The molecule has 1 rings (SSSR count). The molecule has 0 fully saturated rings. The number of hydrogen-bond acceptors (Lipinski definition) is 3. The van der Waals surface area contributed by atoms with Crippen LogP contribution in [0, 0.1) is 0 Å². The van der Waals surface area contributed by atoms with Crippen molar-refractivity contribution in [2.24, 2.45) is 0 Å². The molecule has 2 N–H and O–H groups in total. The third-order valence-corrected chi connectivity index (χ3v) is 1.87. The molecule has 0 saturated heterocycles. The van der Waals surface area contributed by atoms with Crippen molar-refractivity contribution in [2.45, 2.75) is 26.2 Å². The van der Waals surface area contributed by atoms with Crippen LogP contribution >= 0.6 is 11.6 Å². The summed E-state index contributed by atoms with van der Waals surface area (Å²) in [5.41, 5.74) is 6.32. The molecule has 66 valence electrons. The van der Waals surface area contributed by atoms with Crippen LogP contribution in [-0.2, 0) is 6.42 Å². The summed E-state index contributed by atoms with van der Waals surface area (Å²) >= 11 is 5.69. The predicted molar refractivity (Wildman–Crippen MR) is 50.1 cm³/mol. The fourth-order valence-electron chi connectivity index (χ4n) is 0.888. The van der Waals surface area contributed by atoms with Gasteiger partial charge in [0.25, 0.3) is 0 Å². The van der Waals surface area contributed by atoms with Crippen LogP contribution in [-0.4, -0.2) is 9.97 Å². The average Bonchev–Trinajstić information content (AvgIpc) is 2.07. The Hall–Kier alpha value is -0.830. The summed E-state index contributed by atoms with van der Waals surface area (Å²) in [6.07, 6.45) is 4.85. The molecule has 0 bridgehead atoms. The molecule has 0 aliphatic carbocycles. The van der Waals surface area contributed by atoms with E-state index in [4.69, 9.17) is 17.3 Å². The van der Waals surface area contributed by atoms with E-state index in [0.29, 0.717) is 11.0 Å². The first-order valence-corrected chi connectivity index (χ1v) is 4.38. The monoisotopic (exact) mass is 185 g/mol. The van der Waals surface area contributed by atoms with E-state index >= 15 is 0 Å². The van der Waals surface area contributed by atoms with E-state index in [1.807, 2.05) is 0 Å². The molecule has 0 radical (unpaired) electrons. The predicted octanol–water partition coefficient (Wildman–Crippen LogP) is 2.05. The lowest BCUT2D eigenvalue weighted by atomic mass is 10.2. The Kier molecular flexibility index (Phi) is 3.29. The van der Waals surface area contributed by atoms with Gasteiger partial charge >= 0.3 is 0 Å². The van der Waals surface area contributed by atoms with Gasteiger partial charge in [-0.15, -0.1) is 0 Å². The lowest BCUT2D eigenvalue weighted by Crippen LogP contribution is -1.97. The Balaban J connectivity index is 2.69. The van der Waals surface area contributed by atoms with Crippen molar-refractivity contribution in [3.05, 3.63) is 17.0 Å². The van der Waals surface area contributed by atoms with Gasteiger partial charge in [-0.1, -0.05) is 24.9 Å². The van der Waals surface area contributed by atoms with E-state index < -0.39 is 0 Å². The molecule has 3 nitrogen and oxygen atoms in total. The van der Waals surface area contributed by atoms with Gasteiger partial charge in [-0.3, -0.25) is 0 Å². The minimum atomic E-state index is 0.303. The number of aryl methyl sites for hydroxylation is 1. The Labute approximate surface area is 77.0 Å². The number of rotatable bonds is 3. The van der Waals surface area contributed by atoms with Crippen molar-refractivity contribution >= 4 is 17.4 Å². The van der Waals surface area contributed by atoms with Crippen LogP contribution < -0.4 is 5.73 Å². The Morgan fingerprint density at radius 3 is 2.92 bits per heavy atom. The molecule has 12 heavy (non-hydrogen) atoms. The first kappa shape index (κ1) is 9.26. The van der Waals surface area contributed by atoms with Crippen molar-refractivity contribution in [1.82, 2.24) is 9.97 Å². The number of nitrogens with zero attached hydrogens (tertiary/aromatic N) is 2. The summed E-state index contributed by atoms with van der Waals surface area (Å²) in [6, 6.07) is 0. The molecule has 0 atom stereocenters. The Morgan fingerprint density at radius 2 is 2.33 bits per heavy atom. The van der Waals surface area contributed by atoms with E-state index in [2.05, 4.69) is 16.9 Å². The van der Waals surface area contributed by atoms with Crippen molar-refractivity contribution in [3.8, 4) is 0 Å². The maximum absolute atomic E-state index is 5.69. The van der Waals surface area contributed by atoms with Crippen LogP contribution in [0.1, 0.15) is 25.5 Å². The van der Waals surface area contributed by atoms with E-state index in [0.717, 1.165) is 25.0 Å². The zero-order valence-electron chi connectivity index (χ0n) is 7.05. The van der Waals surface area contributed by atoms with Gasteiger partial charge in [0, 0.05) is 0 Å². The number of nitrogens with two attached hydrogens (primary N) is 1. The quantitative estimate of drug-likeness (QED) is 0.784. The lowest BCUT2D eigenvalue weighted by Gasteiger charge is -2.00. The minimum absolute atomic E-state index is 0.303. The summed E-state index contributed by atoms with van der Waals surface area (Å²) in [6.45, 7) is 2.13. The normalized spacial score (nSPS) is 10.2. The summed E-state index contributed by atoms with van der Waals surface area (Å²) < 4.78 is 0. The van der Waals surface area contributed by atoms with Crippen LogP contribution in [0.2, 0.25) is 5.15 Å². The van der Waals surface area contributed by atoms with Gasteiger partial charge in [0.05, 0.1) is 11.9 Å². The summed E-state index contributed by atoms with van der Waals surface area (Å²) in [5.74, 6) is 0.303. The van der Waals surface area contributed by atoms with E-state index in [-0.39, 0.29) is 0 Å². The fraction of sp³-hybridized carbons (Fsp3) is 0.500. The van der Waals surface area contributed by atoms with Gasteiger partial charge in [-0.25, -0.2) is 9.97 Å². The molecule has 1 heterocycles. The highest BCUT2D eigenvalue weighted by Crippen LogP contribution is 2.12. The summed E-state index contributed by atoms with van der Waals surface area (Å²) in [4.78, 5) is 8.00. The van der Waals surface area contributed by atoms with Crippen molar-refractivity contribution in [1.29, 1.82) is 0 Å². The summed E-state index contributed by atoms with van der Waals surface area (Å²) in [5, 5.41) is 0.309. The third-order valence-electron chi connectivity index (χ3n) is 1.59. The fourth-order valence-corrected chi connectivity index (χ4v) is 1.05. The molecule has 0 amide bonds. The molecule has 0 aliphatic rings. The molecular formula is C8H12ClN3. The molecule has 4 heteroatoms. The smallest absolute Gasteiger partial charge is 0.171 e. The maximum Gasteiger partial charge on any atom is 0.171 e. The van der Waals surface area contributed by atoms with Crippen LogP contribution in [0.3, 0.4) is 0 Å². The molecule has 1 aromatic rings. The van der Waals surface area contributed by atoms with Crippen molar-refractivity contribution in [3.63, 3.8) is 0 Å². The van der Waals surface area contributed by atoms with Gasteiger partial charge in [0.1, 0.15) is 0 Å². The van der Waals surface area contributed by atoms with Gasteiger partial charge in [-0.2, -0.15) is 0 Å². The zero-order valence-corrected chi connectivity index (χ0v) is 7.80. The Morgan fingerprint density at radius 1 is 1.58 bits per heavy atom. The van der Waals surface area contributed by atoms with Gasteiger partial charge in [0.15, 0.2) is 11.0 Å². The molecule has 1 aromatic heterocycles. The van der Waals surface area contributed by atoms with Crippen molar-refractivity contribution in [2.75, 3.05) is 5.73 Å². The topological polar surface area (TPSA) is 51.8 Å². The minimum Gasteiger partial charge on any atom is -0.381 e. The van der Waals surface area contributed by atoms with Gasteiger partial charge in [0.2, 0.25) is 0 Å². The highest BCUT2D eigenvalue weighted by atomic mass is 35.5. The first-order valence-electron chi connectivity index (χ1n) is 4.01. The molecule has 0 saturated carbocycles. The molecule has 0 spiro atoms. The molecule has 0 unspecified atom stereocenters. The van der Waals surface area contributed by atoms with Gasteiger partial charge in [-0.05, 0) is 12.8 Å². The number of aromatic nitrogens is 2. The van der Waals surface area contributed by atoms with Crippen LogP contribution in [0.5, 0.6) is 0 Å². The van der Waals surface area contributed by atoms with Crippen LogP contribution in [0.15, 0.2) is 6.20 Å². The maximum atomic E-state index is 5.69. The van der Waals surface area contributed by atoms with E-state index in [9.17, 15) is 0 Å². The second kappa shape index (κ2) is 4.26. The number of anilines is 1. The number of hydrogen-bond donors (Lipinski definition) is 1. The third kappa shape index (κ3) is 2.34. The molecule has 0 aliphatic heterocycles.